The number of nitrogens with zero attached hydrogens (tertiary/aromatic N) is 3. The number of esters is 1. The van der Waals surface area contributed by atoms with Gasteiger partial charge in [0.05, 0.1) is 11.7 Å². The average Bonchev–Trinajstić information content (AvgIpc) is 3.01. The van der Waals surface area contributed by atoms with E-state index < -0.39 is 12.6 Å². The van der Waals surface area contributed by atoms with Crippen LogP contribution in [0.5, 0.6) is 0 Å². The van der Waals surface area contributed by atoms with Gasteiger partial charge >= 0.3 is 5.97 Å². The maximum atomic E-state index is 12.7. The summed E-state index contributed by atoms with van der Waals surface area (Å²) in [7, 11) is 0. The Labute approximate surface area is 171 Å². The van der Waals surface area contributed by atoms with Crippen LogP contribution in [0.15, 0.2) is 54.1 Å². The Balaban J connectivity index is 1.68. The summed E-state index contributed by atoms with van der Waals surface area (Å²) >= 11 is 1.44. The van der Waals surface area contributed by atoms with E-state index in [-0.39, 0.29) is 24.6 Å². The van der Waals surface area contributed by atoms with Crippen molar-refractivity contribution in [3.8, 4) is 0 Å². The van der Waals surface area contributed by atoms with Crippen LogP contribution in [0.1, 0.15) is 10.4 Å². The lowest BCUT2D eigenvalue weighted by Crippen LogP contribution is -2.35. The number of para-hydroxylation sites is 1. The van der Waals surface area contributed by atoms with Gasteiger partial charge in [-0.1, -0.05) is 24.3 Å². The maximum Gasteiger partial charge on any atom is 0.326 e. The molecule has 0 fully saturated rings. The number of carbonyl (C=O) groups is 2. The molecule has 0 unspecified atom stereocenters. The third-order valence-corrected chi connectivity index (χ3v) is 5.61. The first-order valence-electron chi connectivity index (χ1n) is 8.99. The Bertz CT molecular complexity index is 1120. The Morgan fingerprint density at radius 1 is 1.28 bits per heavy atom. The number of fused-ring (bicyclic) bond motifs is 1. The van der Waals surface area contributed by atoms with Crippen molar-refractivity contribution in [3.05, 3.63) is 70.1 Å². The number of amides is 1. The smallest absolute Gasteiger partial charge is 0.326 e. The van der Waals surface area contributed by atoms with Crippen molar-refractivity contribution in [1.82, 2.24) is 9.55 Å². The monoisotopic (exact) mass is 411 g/mol. The highest BCUT2D eigenvalue weighted by atomic mass is 32.1. The number of benzene rings is 1. The van der Waals surface area contributed by atoms with E-state index in [2.05, 4.69) is 11.6 Å². The predicted molar refractivity (Wildman–Crippen MR) is 113 cm³/mol. The highest BCUT2D eigenvalue weighted by Crippen LogP contribution is 2.25. The van der Waals surface area contributed by atoms with Gasteiger partial charge in [0.2, 0.25) is 0 Å². The summed E-state index contributed by atoms with van der Waals surface area (Å²) in [6, 6.07) is 9.05. The molecule has 3 aromatic rings. The minimum atomic E-state index is -0.683. The molecule has 1 aromatic carbocycles. The second kappa shape index (κ2) is 8.83. The van der Waals surface area contributed by atoms with E-state index in [1.54, 1.807) is 18.2 Å². The molecule has 0 atom stereocenters. The molecule has 0 aliphatic rings. The quantitative estimate of drug-likeness (QED) is 0.441. The summed E-state index contributed by atoms with van der Waals surface area (Å²) in [6.45, 7) is 6.99. The van der Waals surface area contributed by atoms with Gasteiger partial charge in [-0.25, -0.2) is 4.98 Å². The zero-order valence-corrected chi connectivity index (χ0v) is 17.1. The number of aryl methyl sites for hydroxylation is 2. The van der Waals surface area contributed by atoms with Crippen molar-refractivity contribution in [1.29, 1.82) is 0 Å². The van der Waals surface area contributed by atoms with Gasteiger partial charge in [-0.05, 0) is 31.5 Å². The normalized spacial score (nSPS) is 10.7. The first-order chi connectivity index (χ1) is 13.9. The molecule has 2 aromatic heterocycles. The molecule has 0 bridgehead atoms. The van der Waals surface area contributed by atoms with Crippen LogP contribution in [0.3, 0.4) is 0 Å². The fraction of sp³-hybridized carbons (Fsp3) is 0.238. The molecule has 0 spiro atoms. The summed E-state index contributed by atoms with van der Waals surface area (Å²) in [5, 5.41) is 0.514. The number of ether oxygens (including phenoxy) is 1. The molecular weight excluding hydrogens is 390 g/mol. The molecule has 8 heteroatoms. The third-order valence-electron chi connectivity index (χ3n) is 4.49. The fourth-order valence-corrected chi connectivity index (χ4v) is 3.86. The maximum absolute atomic E-state index is 12.7. The van der Waals surface area contributed by atoms with Crippen LogP contribution in [-0.4, -0.2) is 34.6 Å². The Hall–Kier alpha value is -3.26. The van der Waals surface area contributed by atoms with Gasteiger partial charge in [0.15, 0.2) is 6.61 Å². The van der Waals surface area contributed by atoms with E-state index in [0.29, 0.717) is 15.9 Å². The van der Waals surface area contributed by atoms with Crippen LogP contribution < -0.4 is 10.5 Å². The number of aromatic nitrogens is 2. The van der Waals surface area contributed by atoms with E-state index in [1.165, 1.54) is 27.1 Å². The van der Waals surface area contributed by atoms with Gasteiger partial charge in [0.1, 0.15) is 11.4 Å². The van der Waals surface area contributed by atoms with E-state index >= 15 is 0 Å². The first kappa shape index (κ1) is 20.5. The lowest BCUT2D eigenvalue weighted by atomic mass is 10.2. The van der Waals surface area contributed by atoms with E-state index in [9.17, 15) is 14.4 Å². The van der Waals surface area contributed by atoms with E-state index in [1.807, 2.05) is 32.0 Å². The lowest BCUT2D eigenvalue weighted by Gasteiger charge is -2.21. The number of anilines is 1. The van der Waals surface area contributed by atoms with Crippen molar-refractivity contribution in [2.24, 2.45) is 0 Å². The highest BCUT2D eigenvalue weighted by molar-refractivity contribution is 7.18. The van der Waals surface area contributed by atoms with E-state index in [0.717, 1.165) is 10.4 Å². The topological polar surface area (TPSA) is 81.5 Å². The summed E-state index contributed by atoms with van der Waals surface area (Å²) in [5.41, 5.74) is 1.25. The second-order valence-corrected chi connectivity index (χ2v) is 7.63. The number of carbonyl (C=O) groups excluding carboxylic acids is 2. The molecule has 0 saturated carbocycles. The number of hydrogen-bond acceptors (Lipinski definition) is 6. The second-order valence-electron chi connectivity index (χ2n) is 6.43. The standard InChI is InChI=1S/C21H21N3O4S/c1-4-10-24(16-8-6-5-7-9-16)17(25)12-28-18(26)11-23-13-22-20-19(21(23)27)14(2)15(3)29-20/h4-9,13H,1,10-12H2,2-3H3. The molecular formula is C21H21N3O4S. The molecule has 2 heterocycles. The minimum absolute atomic E-state index is 0.289. The van der Waals surface area contributed by atoms with Crippen LogP contribution in [0, 0.1) is 13.8 Å². The van der Waals surface area contributed by atoms with Crippen molar-refractivity contribution in [3.63, 3.8) is 0 Å². The minimum Gasteiger partial charge on any atom is -0.454 e. The molecule has 0 aliphatic carbocycles. The number of thiophene rings is 1. The highest BCUT2D eigenvalue weighted by Gasteiger charge is 2.18. The Morgan fingerprint density at radius 2 is 2.00 bits per heavy atom. The average molecular weight is 411 g/mol. The van der Waals surface area contributed by atoms with Gasteiger partial charge in [-0.15, -0.1) is 17.9 Å². The summed E-state index contributed by atoms with van der Waals surface area (Å²) in [5.74, 6) is -1.06. The van der Waals surface area contributed by atoms with Gasteiger partial charge in [-0.2, -0.15) is 0 Å². The van der Waals surface area contributed by atoms with Crippen molar-refractivity contribution < 1.29 is 14.3 Å². The molecule has 0 N–H and O–H groups in total. The molecule has 0 saturated heterocycles. The number of hydrogen-bond donors (Lipinski definition) is 0. The lowest BCUT2D eigenvalue weighted by molar-refractivity contribution is -0.148. The van der Waals surface area contributed by atoms with Gasteiger partial charge in [0.25, 0.3) is 11.5 Å². The van der Waals surface area contributed by atoms with Crippen molar-refractivity contribution in [2.45, 2.75) is 20.4 Å². The summed E-state index contributed by atoms with van der Waals surface area (Å²) in [4.78, 5) is 44.7. The molecule has 29 heavy (non-hydrogen) atoms. The zero-order chi connectivity index (χ0) is 21.0. The third kappa shape index (κ3) is 4.43. The molecule has 150 valence electrons. The van der Waals surface area contributed by atoms with Crippen LogP contribution >= 0.6 is 11.3 Å². The fourth-order valence-electron chi connectivity index (χ4n) is 2.88. The van der Waals surface area contributed by atoms with E-state index in [4.69, 9.17) is 4.74 Å². The van der Waals surface area contributed by atoms with Crippen LogP contribution in [0.4, 0.5) is 5.69 Å². The zero-order valence-electron chi connectivity index (χ0n) is 16.3. The Morgan fingerprint density at radius 3 is 2.69 bits per heavy atom. The Kier molecular flexibility index (Phi) is 6.23. The largest absolute Gasteiger partial charge is 0.454 e. The van der Waals surface area contributed by atoms with Crippen LogP contribution in [0.2, 0.25) is 0 Å². The van der Waals surface area contributed by atoms with Gasteiger partial charge < -0.3 is 9.64 Å². The van der Waals surface area contributed by atoms with Crippen molar-refractivity contribution in [2.75, 3.05) is 18.1 Å². The van der Waals surface area contributed by atoms with Crippen molar-refractivity contribution >= 4 is 39.1 Å². The molecule has 0 aliphatic heterocycles. The summed E-state index contributed by atoms with van der Waals surface area (Å²) in [6.07, 6.45) is 2.93. The van der Waals surface area contributed by atoms with Crippen LogP contribution in [-0.2, 0) is 20.9 Å². The molecule has 3 rings (SSSR count). The SMILES string of the molecule is C=CCN(C(=O)COC(=O)Cn1cnc2sc(C)c(C)c2c1=O)c1ccccc1. The predicted octanol–water partition coefficient (Wildman–Crippen LogP) is 2.84. The van der Waals surface area contributed by atoms with Gasteiger partial charge in [0, 0.05) is 17.1 Å². The first-order valence-corrected chi connectivity index (χ1v) is 9.81. The number of rotatable bonds is 7. The molecule has 0 radical (unpaired) electrons. The molecule has 7 nitrogen and oxygen atoms in total. The van der Waals surface area contributed by atoms with Crippen LogP contribution in [0.25, 0.3) is 10.2 Å². The van der Waals surface area contributed by atoms with Gasteiger partial charge in [-0.3, -0.25) is 19.0 Å². The molecule has 1 amide bonds. The summed E-state index contributed by atoms with van der Waals surface area (Å²) < 4.78 is 6.31.